The van der Waals surface area contributed by atoms with Crippen LogP contribution < -0.4 is 10.1 Å². The number of likely N-dealkylation sites (tertiary alicyclic amines) is 2. The number of amides is 2. The Balaban J connectivity index is 0.772. The molecule has 3 fully saturated rings. The van der Waals surface area contributed by atoms with Gasteiger partial charge in [0, 0.05) is 55.3 Å². The van der Waals surface area contributed by atoms with Crippen molar-refractivity contribution in [1.82, 2.24) is 40.4 Å². The van der Waals surface area contributed by atoms with Crippen LogP contribution in [0.5, 0.6) is 11.6 Å². The minimum Gasteiger partial charge on any atom is -0.507 e. The lowest BCUT2D eigenvalue weighted by molar-refractivity contribution is -0.141. The third-order valence-electron chi connectivity index (χ3n) is 13.3. The summed E-state index contributed by atoms with van der Waals surface area (Å²) in [5.41, 5.74) is 9.37. The number of thiazole rings is 1. The Morgan fingerprint density at radius 1 is 1.00 bits per heavy atom. The highest BCUT2D eigenvalue weighted by molar-refractivity contribution is 7.13. The zero-order valence-corrected chi connectivity index (χ0v) is 36.6. The topological polar surface area (TPSA) is 183 Å². The van der Waals surface area contributed by atoms with Gasteiger partial charge in [-0.25, -0.2) is 4.98 Å². The van der Waals surface area contributed by atoms with Crippen LogP contribution in [0.25, 0.3) is 32.7 Å². The molecule has 62 heavy (non-hydrogen) atoms. The van der Waals surface area contributed by atoms with E-state index >= 15 is 0 Å². The zero-order valence-electron chi connectivity index (χ0n) is 35.7. The molecule has 9 rings (SSSR count). The fraction of sp³-hybridized carbons (Fsp3) is 0.447. The number of para-hydroxylation sites is 1. The first-order valence-electron chi connectivity index (χ1n) is 21.7. The molecule has 4 N–H and O–H groups in total. The number of carbonyl (C=O) groups excluding carboxylic acids is 2. The molecule has 2 saturated heterocycles. The molecule has 4 aromatic heterocycles. The summed E-state index contributed by atoms with van der Waals surface area (Å²) >= 11 is 1.59. The summed E-state index contributed by atoms with van der Waals surface area (Å²) in [7, 11) is 0. The van der Waals surface area contributed by atoms with Crippen LogP contribution in [0, 0.1) is 31.6 Å². The molecule has 7 atom stereocenters. The summed E-state index contributed by atoms with van der Waals surface area (Å²) in [6.45, 7) is 13.2. The van der Waals surface area contributed by atoms with Crippen LogP contribution in [0.1, 0.15) is 86.2 Å². The number of aromatic nitrogens is 5. The molecule has 0 radical (unpaired) electrons. The van der Waals surface area contributed by atoms with Gasteiger partial charge in [-0.1, -0.05) is 50.2 Å². The molecule has 1 saturated carbocycles. The number of benzene rings is 2. The van der Waals surface area contributed by atoms with Crippen LogP contribution in [0.2, 0.25) is 0 Å². The molecule has 3 aliphatic rings. The average Bonchev–Trinajstić information content (AvgIpc) is 4.12. The lowest BCUT2D eigenvalue weighted by atomic mass is 9.91. The van der Waals surface area contributed by atoms with Crippen molar-refractivity contribution in [2.75, 3.05) is 32.8 Å². The first kappa shape index (κ1) is 41.7. The maximum atomic E-state index is 14.2. The Morgan fingerprint density at radius 3 is 2.47 bits per heavy atom. The number of ether oxygens (including phenoxy) is 1. The largest absolute Gasteiger partial charge is 0.507 e. The number of nitrogens with zero attached hydrogens (tertiary/aromatic N) is 6. The number of aromatic hydroxyl groups is 1. The van der Waals surface area contributed by atoms with E-state index in [1.54, 1.807) is 29.5 Å². The van der Waals surface area contributed by atoms with Crippen LogP contribution in [-0.2, 0) is 9.59 Å². The molecule has 2 aliphatic heterocycles. The molecule has 6 aromatic rings. The number of aromatic amines is 1. The second-order valence-corrected chi connectivity index (χ2v) is 18.6. The number of phenolic OH excluding ortho intramolecular Hbond substituents is 1. The van der Waals surface area contributed by atoms with Gasteiger partial charge in [-0.15, -0.1) is 21.5 Å². The molecule has 324 valence electrons. The summed E-state index contributed by atoms with van der Waals surface area (Å²) < 4.78 is 11.8. The highest BCUT2D eigenvalue weighted by atomic mass is 32.1. The Labute approximate surface area is 364 Å². The van der Waals surface area contributed by atoms with Crippen LogP contribution in [0.15, 0.2) is 70.7 Å². The van der Waals surface area contributed by atoms with E-state index < -0.39 is 18.1 Å². The SMILES string of the molecule is Cc1ncsc1-c1ccc([C@H](C)NC(=O)C2C[C@@H](O)CN2C(=O)[C@@H](c2cc(OCCN3C[C@H]4C[C@H](c5[nH]c6nnc(-c7ccccc7O)cc6c5C)C[C@H]4C3)no2)C(C)C)cc1. The maximum absolute atomic E-state index is 14.2. The summed E-state index contributed by atoms with van der Waals surface area (Å²) in [6, 6.07) is 17.8. The maximum Gasteiger partial charge on any atom is 0.254 e. The fourth-order valence-electron chi connectivity index (χ4n) is 10.1. The van der Waals surface area contributed by atoms with E-state index in [0.717, 1.165) is 65.2 Å². The molecule has 15 heteroatoms. The van der Waals surface area contributed by atoms with Gasteiger partial charge >= 0.3 is 0 Å². The van der Waals surface area contributed by atoms with Gasteiger partial charge in [0.2, 0.25) is 11.8 Å². The minimum absolute atomic E-state index is 0.0608. The number of aliphatic hydroxyl groups is 1. The van der Waals surface area contributed by atoms with E-state index in [2.05, 4.69) is 42.5 Å². The number of hydrogen-bond acceptors (Lipinski definition) is 12. The first-order valence-corrected chi connectivity index (χ1v) is 22.5. The second-order valence-electron chi connectivity index (χ2n) is 17.8. The average molecular weight is 859 g/mol. The molecular weight excluding hydrogens is 805 g/mol. The Hall–Kier alpha value is -5.64. The number of aliphatic hydroxyl groups excluding tert-OH is 1. The quantitative estimate of drug-likeness (QED) is 0.0927. The number of carbonyl (C=O) groups is 2. The van der Waals surface area contributed by atoms with Gasteiger partial charge in [0.1, 0.15) is 24.3 Å². The summed E-state index contributed by atoms with van der Waals surface area (Å²) in [6.07, 6.45) is 1.54. The van der Waals surface area contributed by atoms with Gasteiger partial charge < -0.3 is 34.7 Å². The molecule has 1 unspecified atom stereocenters. The van der Waals surface area contributed by atoms with Gasteiger partial charge in [0.05, 0.1) is 33.9 Å². The first-order chi connectivity index (χ1) is 29.9. The Kier molecular flexibility index (Phi) is 11.6. The summed E-state index contributed by atoms with van der Waals surface area (Å²) in [4.78, 5) is 40.9. The smallest absolute Gasteiger partial charge is 0.254 e. The third-order valence-corrected chi connectivity index (χ3v) is 14.3. The predicted octanol–water partition coefficient (Wildman–Crippen LogP) is 7.14. The number of aryl methyl sites for hydroxylation is 2. The van der Waals surface area contributed by atoms with Crippen LogP contribution in [-0.4, -0.2) is 102 Å². The predicted molar refractivity (Wildman–Crippen MR) is 236 cm³/mol. The van der Waals surface area contributed by atoms with Crippen molar-refractivity contribution in [3.63, 3.8) is 0 Å². The lowest BCUT2D eigenvalue weighted by Crippen LogP contribution is -2.48. The van der Waals surface area contributed by atoms with Crippen LogP contribution in [0.3, 0.4) is 0 Å². The summed E-state index contributed by atoms with van der Waals surface area (Å²) in [5, 5.41) is 38.2. The molecule has 14 nitrogen and oxygen atoms in total. The number of rotatable bonds is 13. The minimum atomic E-state index is -0.820. The van der Waals surface area contributed by atoms with E-state index in [-0.39, 0.29) is 42.5 Å². The number of nitrogens with one attached hydrogen (secondary N) is 2. The van der Waals surface area contributed by atoms with Crippen LogP contribution >= 0.6 is 11.3 Å². The van der Waals surface area contributed by atoms with Crippen molar-refractivity contribution >= 4 is 34.2 Å². The van der Waals surface area contributed by atoms with Crippen molar-refractivity contribution < 1.29 is 29.1 Å². The molecular formula is C47H54N8O6S. The Bertz CT molecular complexity index is 2550. The highest BCUT2D eigenvalue weighted by Gasteiger charge is 2.44. The second kappa shape index (κ2) is 17.3. The molecule has 2 amide bonds. The standard InChI is InChI=1S/C47H54N8O6S/c1-25(2)42(47(59)55-23-34(56)18-38(55)46(58)49-27(4)29-10-12-30(13-11-29)44-28(5)48-24-62-44)40-20-41(53-61-40)60-15-14-54-21-32-16-31(17-33(32)22-54)43-26(3)36-19-37(51-52-45(36)50-43)35-8-6-7-9-39(35)57/h6-13,19-20,24-25,27,31-34,38,42,56-57H,14-18,21-23H2,1-5H3,(H,49,58)(H,50,52)/t27-,31-,32+,33-,34+,38?,42+/m0/s1. The summed E-state index contributed by atoms with van der Waals surface area (Å²) in [5.74, 6) is 1.03. The lowest BCUT2D eigenvalue weighted by Gasteiger charge is -2.29. The van der Waals surface area contributed by atoms with Crippen molar-refractivity contribution in [2.45, 2.75) is 83.9 Å². The number of fused-ring (bicyclic) bond motifs is 2. The van der Waals surface area contributed by atoms with E-state index in [0.29, 0.717) is 47.3 Å². The number of hydrogen-bond donors (Lipinski definition) is 4. The van der Waals surface area contributed by atoms with Crippen molar-refractivity contribution in [1.29, 1.82) is 0 Å². The molecule has 6 heterocycles. The third kappa shape index (κ3) is 8.20. The monoisotopic (exact) mass is 858 g/mol. The highest BCUT2D eigenvalue weighted by Crippen LogP contribution is 2.47. The van der Waals surface area contributed by atoms with Gasteiger partial charge in [-0.3, -0.25) is 14.5 Å². The molecule has 0 spiro atoms. The van der Waals surface area contributed by atoms with Crippen LogP contribution in [0.4, 0.5) is 0 Å². The number of phenols is 1. The van der Waals surface area contributed by atoms with E-state index in [4.69, 9.17) is 9.26 Å². The molecule has 1 aliphatic carbocycles. The molecule has 2 aromatic carbocycles. The van der Waals surface area contributed by atoms with Crippen molar-refractivity contribution in [3.8, 4) is 33.3 Å². The van der Waals surface area contributed by atoms with Gasteiger partial charge in [0.15, 0.2) is 11.4 Å². The number of H-pyrrole nitrogens is 1. The molecule has 0 bridgehead atoms. The van der Waals surface area contributed by atoms with Gasteiger partial charge in [-0.05, 0) is 97.3 Å². The van der Waals surface area contributed by atoms with Crippen molar-refractivity contribution in [3.05, 3.63) is 94.4 Å². The number of β-amino-alcohol motifs (C(OH)–C–C–N with tert-alkyl or cyclic N) is 1. The normalized spacial score (nSPS) is 22.4. The van der Waals surface area contributed by atoms with Crippen molar-refractivity contribution in [2.24, 2.45) is 17.8 Å². The van der Waals surface area contributed by atoms with E-state index in [1.807, 2.05) is 75.7 Å². The Morgan fingerprint density at radius 2 is 1.76 bits per heavy atom. The van der Waals surface area contributed by atoms with Gasteiger partial charge in [-0.2, -0.15) is 0 Å². The fourth-order valence-corrected chi connectivity index (χ4v) is 10.9. The van der Waals surface area contributed by atoms with E-state index in [1.165, 1.54) is 16.2 Å². The van der Waals surface area contributed by atoms with E-state index in [9.17, 15) is 19.8 Å². The van der Waals surface area contributed by atoms with Gasteiger partial charge in [0.25, 0.3) is 5.88 Å². The zero-order chi connectivity index (χ0) is 43.2.